The Balaban J connectivity index is 1.65. The minimum absolute atomic E-state index is 0.155. The number of hydrogen-bond donors (Lipinski definition) is 3. The molecule has 1 fully saturated rings. The molecule has 6 nitrogen and oxygen atoms in total. The first kappa shape index (κ1) is 18.2. The molecule has 0 saturated carbocycles. The van der Waals surface area contributed by atoms with E-state index in [2.05, 4.69) is 15.6 Å². The number of pyridine rings is 1. The van der Waals surface area contributed by atoms with E-state index in [0.717, 1.165) is 43.0 Å². The molecule has 0 bridgehead atoms. The third-order valence-corrected chi connectivity index (χ3v) is 4.64. The zero-order valence-corrected chi connectivity index (χ0v) is 15.2. The number of amides is 1. The quantitative estimate of drug-likeness (QED) is 0.770. The summed E-state index contributed by atoms with van der Waals surface area (Å²) in [7, 11) is 0. The summed E-state index contributed by atoms with van der Waals surface area (Å²) in [6.07, 6.45) is 1.93. The van der Waals surface area contributed by atoms with Crippen molar-refractivity contribution in [1.82, 2.24) is 10.3 Å². The van der Waals surface area contributed by atoms with Gasteiger partial charge in [0.15, 0.2) is 0 Å². The van der Waals surface area contributed by atoms with Crippen LogP contribution in [-0.2, 0) is 11.3 Å². The second-order valence-corrected chi connectivity index (χ2v) is 6.74. The first-order valence-electron chi connectivity index (χ1n) is 8.95. The first-order valence-corrected chi connectivity index (χ1v) is 8.95. The minimum Gasteiger partial charge on any atom is -0.382 e. The highest BCUT2D eigenvalue weighted by atomic mass is 16.5. The summed E-state index contributed by atoms with van der Waals surface area (Å²) in [5.41, 5.74) is 3.62. The van der Waals surface area contributed by atoms with Crippen LogP contribution in [0.1, 0.15) is 40.0 Å². The van der Waals surface area contributed by atoms with E-state index in [0.29, 0.717) is 17.2 Å². The third-order valence-electron chi connectivity index (χ3n) is 4.64. The smallest absolute Gasteiger partial charge is 0.253 e. The molecule has 0 unspecified atom stereocenters. The number of H-pyrrole nitrogens is 1. The van der Waals surface area contributed by atoms with Crippen molar-refractivity contribution < 1.29 is 9.53 Å². The number of nitrogens with one attached hydrogen (secondary N) is 3. The molecule has 1 aromatic heterocycles. The number of hydrogen-bond acceptors (Lipinski definition) is 4. The van der Waals surface area contributed by atoms with Gasteiger partial charge < -0.3 is 20.4 Å². The maximum atomic E-state index is 12.5. The summed E-state index contributed by atoms with van der Waals surface area (Å²) in [5, 5.41) is 6.30. The molecule has 0 atom stereocenters. The van der Waals surface area contributed by atoms with Crippen LogP contribution >= 0.6 is 0 Å². The van der Waals surface area contributed by atoms with Crippen LogP contribution < -0.4 is 16.2 Å². The van der Waals surface area contributed by atoms with Crippen LogP contribution in [0.2, 0.25) is 0 Å². The Morgan fingerprint density at radius 3 is 2.73 bits per heavy atom. The molecule has 1 aliphatic heterocycles. The lowest BCUT2D eigenvalue weighted by molar-refractivity contribution is 0.0904. The van der Waals surface area contributed by atoms with E-state index in [4.69, 9.17) is 4.74 Å². The topological polar surface area (TPSA) is 83.2 Å². The predicted molar refractivity (Wildman–Crippen MR) is 102 cm³/mol. The molecule has 1 amide bonds. The summed E-state index contributed by atoms with van der Waals surface area (Å²) in [4.78, 5) is 27.3. The van der Waals surface area contributed by atoms with Crippen molar-refractivity contribution in [2.45, 2.75) is 39.3 Å². The van der Waals surface area contributed by atoms with Crippen molar-refractivity contribution in [3.63, 3.8) is 0 Å². The molecule has 1 aliphatic rings. The number of anilines is 1. The highest BCUT2D eigenvalue weighted by Crippen LogP contribution is 2.16. The van der Waals surface area contributed by atoms with Crippen LogP contribution in [0.3, 0.4) is 0 Å². The van der Waals surface area contributed by atoms with E-state index >= 15 is 0 Å². The lowest BCUT2D eigenvalue weighted by atomic mass is 10.1. The van der Waals surface area contributed by atoms with Crippen LogP contribution in [0.4, 0.5) is 5.69 Å². The van der Waals surface area contributed by atoms with Gasteiger partial charge in [0, 0.05) is 48.3 Å². The van der Waals surface area contributed by atoms with Gasteiger partial charge >= 0.3 is 0 Å². The largest absolute Gasteiger partial charge is 0.382 e. The molecule has 3 N–H and O–H groups in total. The number of carbonyl (C=O) groups excluding carboxylic acids is 1. The molecule has 2 heterocycles. The van der Waals surface area contributed by atoms with Crippen LogP contribution in [-0.4, -0.2) is 30.1 Å². The van der Waals surface area contributed by atoms with Gasteiger partial charge in [0.05, 0.1) is 0 Å². The maximum Gasteiger partial charge on any atom is 0.253 e. The standard InChI is InChI=1S/C20H25N3O3/c1-13-10-14(2)22-20(25)18(13)12-21-19(24)15-4-3-5-17(11-15)23-16-6-8-26-9-7-16/h3-5,10-11,16,23H,6-9,12H2,1-2H3,(H,21,24)(H,22,25). The Kier molecular flexibility index (Phi) is 5.73. The number of rotatable bonds is 5. The maximum absolute atomic E-state index is 12.5. The highest BCUT2D eigenvalue weighted by molar-refractivity contribution is 5.95. The normalized spacial score (nSPS) is 14.8. The Morgan fingerprint density at radius 1 is 1.23 bits per heavy atom. The molecule has 0 aliphatic carbocycles. The zero-order valence-electron chi connectivity index (χ0n) is 15.2. The molecular formula is C20H25N3O3. The number of benzene rings is 1. The average Bonchev–Trinajstić information content (AvgIpc) is 2.61. The Morgan fingerprint density at radius 2 is 2.00 bits per heavy atom. The van der Waals surface area contributed by atoms with Gasteiger partial charge in [-0.15, -0.1) is 0 Å². The van der Waals surface area contributed by atoms with Crippen molar-refractivity contribution in [2.75, 3.05) is 18.5 Å². The summed E-state index contributed by atoms with van der Waals surface area (Å²) < 4.78 is 5.37. The van der Waals surface area contributed by atoms with Gasteiger partial charge in [-0.2, -0.15) is 0 Å². The van der Waals surface area contributed by atoms with E-state index in [1.807, 2.05) is 38.1 Å². The molecule has 2 aromatic rings. The molecule has 1 saturated heterocycles. The van der Waals surface area contributed by atoms with Gasteiger partial charge in [-0.25, -0.2) is 0 Å². The Bertz CT molecular complexity index is 838. The number of aromatic amines is 1. The Labute approximate surface area is 153 Å². The number of aromatic nitrogens is 1. The predicted octanol–water partition coefficient (Wildman–Crippen LogP) is 2.51. The molecule has 0 spiro atoms. The lowest BCUT2D eigenvalue weighted by Crippen LogP contribution is -2.29. The minimum atomic E-state index is -0.194. The number of ether oxygens (including phenoxy) is 1. The van der Waals surface area contributed by atoms with Gasteiger partial charge in [-0.3, -0.25) is 9.59 Å². The zero-order chi connectivity index (χ0) is 18.5. The van der Waals surface area contributed by atoms with Crippen LogP contribution in [0.25, 0.3) is 0 Å². The van der Waals surface area contributed by atoms with Crippen LogP contribution in [0, 0.1) is 13.8 Å². The highest BCUT2D eigenvalue weighted by Gasteiger charge is 2.14. The van der Waals surface area contributed by atoms with Crippen LogP contribution in [0.15, 0.2) is 35.1 Å². The van der Waals surface area contributed by atoms with Crippen molar-refractivity contribution in [2.24, 2.45) is 0 Å². The molecular weight excluding hydrogens is 330 g/mol. The average molecular weight is 355 g/mol. The van der Waals surface area contributed by atoms with Gasteiger partial charge in [0.2, 0.25) is 0 Å². The molecule has 0 radical (unpaired) electrons. The third kappa shape index (κ3) is 4.52. The van der Waals surface area contributed by atoms with Crippen molar-refractivity contribution in [3.05, 3.63) is 63.1 Å². The van der Waals surface area contributed by atoms with E-state index in [1.165, 1.54) is 0 Å². The van der Waals surface area contributed by atoms with Gasteiger partial charge in [-0.1, -0.05) is 6.07 Å². The number of aryl methyl sites for hydroxylation is 2. The SMILES string of the molecule is Cc1cc(C)c(CNC(=O)c2cccc(NC3CCOCC3)c2)c(=O)[nH]1. The molecule has 6 heteroatoms. The summed E-state index contributed by atoms with van der Waals surface area (Å²) in [6.45, 7) is 5.46. The summed E-state index contributed by atoms with van der Waals surface area (Å²) in [6, 6.07) is 9.72. The monoisotopic (exact) mass is 355 g/mol. The molecule has 3 rings (SSSR count). The fourth-order valence-electron chi connectivity index (χ4n) is 3.20. The van der Waals surface area contributed by atoms with Gasteiger partial charge in [-0.05, 0) is 56.5 Å². The summed E-state index contributed by atoms with van der Waals surface area (Å²) >= 11 is 0. The van der Waals surface area contributed by atoms with Crippen molar-refractivity contribution in [1.29, 1.82) is 0 Å². The van der Waals surface area contributed by atoms with Crippen molar-refractivity contribution in [3.8, 4) is 0 Å². The van der Waals surface area contributed by atoms with E-state index in [-0.39, 0.29) is 18.0 Å². The molecule has 1 aromatic carbocycles. The van der Waals surface area contributed by atoms with Crippen molar-refractivity contribution >= 4 is 11.6 Å². The lowest BCUT2D eigenvalue weighted by Gasteiger charge is -2.24. The number of carbonyl (C=O) groups is 1. The fraction of sp³-hybridized carbons (Fsp3) is 0.400. The summed E-state index contributed by atoms with van der Waals surface area (Å²) in [5.74, 6) is -0.194. The Hall–Kier alpha value is -2.60. The fourth-order valence-corrected chi connectivity index (χ4v) is 3.20. The van der Waals surface area contributed by atoms with E-state index in [1.54, 1.807) is 6.07 Å². The second-order valence-electron chi connectivity index (χ2n) is 6.74. The first-order chi connectivity index (χ1) is 12.5. The van der Waals surface area contributed by atoms with E-state index in [9.17, 15) is 9.59 Å². The van der Waals surface area contributed by atoms with Crippen LogP contribution in [0.5, 0.6) is 0 Å². The second kappa shape index (κ2) is 8.19. The van der Waals surface area contributed by atoms with Gasteiger partial charge in [0.25, 0.3) is 11.5 Å². The molecule has 26 heavy (non-hydrogen) atoms. The van der Waals surface area contributed by atoms with E-state index < -0.39 is 0 Å². The van der Waals surface area contributed by atoms with Gasteiger partial charge in [0.1, 0.15) is 0 Å². The molecule has 138 valence electrons.